The van der Waals surface area contributed by atoms with Gasteiger partial charge in [0.25, 0.3) is 5.91 Å². The van der Waals surface area contributed by atoms with E-state index in [-0.39, 0.29) is 11.4 Å². The predicted molar refractivity (Wildman–Crippen MR) is 68.0 cm³/mol. The van der Waals surface area contributed by atoms with Gasteiger partial charge in [0.2, 0.25) is 5.76 Å². The zero-order valence-corrected chi connectivity index (χ0v) is 11.3. The number of hydrogen-bond acceptors (Lipinski definition) is 3. The predicted octanol–water partition coefficient (Wildman–Crippen LogP) is 3.45. The molecule has 0 bridgehead atoms. The van der Waals surface area contributed by atoms with E-state index in [4.69, 9.17) is 4.42 Å². The summed E-state index contributed by atoms with van der Waals surface area (Å²) >= 11 is 3.14. The van der Waals surface area contributed by atoms with Gasteiger partial charge in [-0.25, -0.2) is 9.37 Å². The zero-order valence-electron chi connectivity index (χ0n) is 9.75. The molecule has 6 heteroatoms. The Balaban J connectivity index is 2.24. The van der Waals surface area contributed by atoms with E-state index in [0.29, 0.717) is 16.1 Å². The highest BCUT2D eigenvalue weighted by molar-refractivity contribution is 9.10. The fourth-order valence-electron chi connectivity index (χ4n) is 1.51. The van der Waals surface area contributed by atoms with Crippen molar-refractivity contribution >= 4 is 27.5 Å². The summed E-state index contributed by atoms with van der Waals surface area (Å²) in [7, 11) is 0. The van der Waals surface area contributed by atoms with Crippen LogP contribution in [-0.2, 0) is 0 Å². The van der Waals surface area contributed by atoms with Gasteiger partial charge >= 0.3 is 0 Å². The number of carbonyl (C=O) groups excluding carboxylic acids is 1. The Morgan fingerprint density at radius 1 is 1.44 bits per heavy atom. The summed E-state index contributed by atoms with van der Waals surface area (Å²) in [4.78, 5) is 15.8. The second-order valence-electron chi connectivity index (χ2n) is 3.73. The summed E-state index contributed by atoms with van der Waals surface area (Å²) in [5.74, 6) is -0.551. The lowest BCUT2D eigenvalue weighted by molar-refractivity contribution is 0.0994. The van der Waals surface area contributed by atoms with Crippen molar-refractivity contribution in [3.8, 4) is 0 Å². The molecule has 0 unspecified atom stereocenters. The summed E-state index contributed by atoms with van der Waals surface area (Å²) in [5, 5.41) is 2.44. The Hall–Kier alpha value is -1.69. The number of nitrogens with one attached hydrogen (secondary N) is 1. The minimum absolute atomic E-state index is 0.0924. The highest BCUT2D eigenvalue weighted by Crippen LogP contribution is 2.20. The highest BCUT2D eigenvalue weighted by Gasteiger charge is 2.17. The van der Waals surface area contributed by atoms with Gasteiger partial charge in [0.05, 0.1) is 11.4 Å². The third-order valence-electron chi connectivity index (χ3n) is 2.29. The summed E-state index contributed by atoms with van der Waals surface area (Å²) in [6.07, 6.45) is 0. The van der Waals surface area contributed by atoms with Gasteiger partial charge in [-0.1, -0.05) is 15.9 Å². The number of rotatable bonds is 2. The molecule has 1 N–H and O–H groups in total. The first kappa shape index (κ1) is 12.8. The molecule has 18 heavy (non-hydrogen) atoms. The van der Waals surface area contributed by atoms with E-state index in [0.717, 1.165) is 0 Å². The molecule has 1 amide bonds. The molecule has 0 aliphatic heterocycles. The number of anilines is 1. The van der Waals surface area contributed by atoms with Gasteiger partial charge in [-0.2, -0.15) is 0 Å². The average molecular weight is 313 g/mol. The van der Waals surface area contributed by atoms with Crippen molar-refractivity contribution in [2.24, 2.45) is 0 Å². The number of aryl methyl sites for hydroxylation is 2. The van der Waals surface area contributed by atoms with E-state index in [2.05, 4.69) is 26.2 Å². The van der Waals surface area contributed by atoms with Crippen LogP contribution in [0.15, 0.2) is 27.1 Å². The molecule has 0 atom stereocenters. The normalized spacial score (nSPS) is 10.4. The Bertz CT molecular complexity index is 610. The van der Waals surface area contributed by atoms with Crippen molar-refractivity contribution in [2.45, 2.75) is 13.8 Å². The van der Waals surface area contributed by atoms with Crippen LogP contribution in [0.2, 0.25) is 0 Å². The molecular formula is C12H10BrFN2O2. The summed E-state index contributed by atoms with van der Waals surface area (Å²) in [6.45, 7) is 3.30. The van der Waals surface area contributed by atoms with Crippen molar-refractivity contribution in [3.05, 3.63) is 45.8 Å². The second-order valence-corrected chi connectivity index (χ2v) is 4.64. The minimum atomic E-state index is -0.522. The number of hydrogen-bond donors (Lipinski definition) is 1. The van der Waals surface area contributed by atoms with Crippen LogP contribution in [0.3, 0.4) is 0 Å². The van der Waals surface area contributed by atoms with Crippen LogP contribution in [-0.4, -0.2) is 10.9 Å². The molecule has 0 aliphatic carbocycles. The first-order valence-corrected chi connectivity index (χ1v) is 5.97. The van der Waals surface area contributed by atoms with E-state index < -0.39 is 11.7 Å². The quantitative estimate of drug-likeness (QED) is 0.924. The van der Waals surface area contributed by atoms with Gasteiger partial charge in [-0.05, 0) is 25.1 Å². The van der Waals surface area contributed by atoms with Crippen molar-refractivity contribution < 1.29 is 13.6 Å². The van der Waals surface area contributed by atoms with Crippen molar-refractivity contribution in [1.82, 2.24) is 4.98 Å². The van der Waals surface area contributed by atoms with Crippen LogP contribution in [0, 0.1) is 19.7 Å². The Kier molecular flexibility index (Phi) is 3.47. The SMILES string of the molecule is Cc1nc(C)c(C(=O)Nc2ccc(Br)cc2F)o1. The molecule has 0 saturated carbocycles. The maximum atomic E-state index is 13.5. The molecule has 0 fully saturated rings. The fraction of sp³-hybridized carbons (Fsp3) is 0.167. The topological polar surface area (TPSA) is 55.1 Å². The van der Waals surface area contributed by atoms with Gasteiger partial charge in [0, 0.05) is 11.4 Å². The minimum Gasteiger partial charge on any atom is -0.436 e. The largest absolute Gasteiger partial charge is 0.436 e. The monoisotopic (exact) mass is 312 g/mol. The highest BCUT2D eigenvalue weighted by atomic mass is 79.9. The van der Waals surface area contributed by atoms with E-state index in [9.17, 15) is 9.18 Å². The van der Waals surface area contributed by atoms with Gasteiger partial charge in [-0.3, -0.25) is 4.79 Å². The second kappa shape index (κ2) is 4.89. The Morgan fingerprint density at radius 2 is 2.17 bits per heavy atom. The summed E-state index contributed by atoms with van der Waals surface area (Å²) in [6, 6.07) is 4.38. The average Bonchev–Trinajstić information content (AvgIpc) is 2.62. The lowest BCUT2D eigenvalue weighted by Crippen LogP contribution is -2.13. The van der Waals surface area contributed by atoms with Crippen LogP contribution in [0.25, 0.3) is 0 Å². The molecular weight excluding hydrogens is 303 g/mol. The lowest BCUT2D eigenvalue weighted by Gasteiger charge is -2.05. The number of halogens is 2. The molecule has 1 aromatic heterocycles. The number of amides is 1. The molecule has 0 spiro atoms. The maximum Gasteiger partial charge on any atom is 0.293 e. The first-order valence-electron chi connectivity index (χ1n) is 5.18. The van der Waals surface area contributed by atoms with E-state index in [1.807, 2.05) is 0 Å². The Labute approximate surface area is 111 Å². The number of carbonyl (C=O) groups is 1. The number of aromatic nitrogens is 1. The van der Waals surface area contributed by atoms with Gasteiger partial charge in [0.1, 0.15) is 5.82 Å². The summed E-state index contributed by atoms with van der Waals surface area (Å²) in [5.41, 5.74) is 0.569. The maximum absolute atomic E-state index is 13.5. The van der Waals surface area contributed by atoms with Crippen LogP contribution < -0.4 is 5.32 Å². The zero-order chi connectivity index (χ0) is 13.3. The van der Waals surface area contributed by atoms with Crippen molar-refractivity contribution in [2.75, 3.05) is 5.32 Å². The third-order valence-corrected chi connectivity index (χ3v) is 2.78. The standard InChI is InChI=1S/C12H10BrFN2O2/c1-6-11(18-7(2)15-6)12(17)16-10-4-3-8(13)5-9(10)14/h3-5H,1-2H3,(H,16,17). The number of nitrogens with zero attached hydrogens (tertiary/aromatic N) is 1. The molecule has 4 nitrogen and oxygen atoms in total. The molecule has 0 aliphatic rings. The molecule has 0 saturated heterocycles. The fourth-order valence-corrected chi connectivity index (χ4v) is 1.85. The van der Waals surface area contributed by atoms with Crippen LogP contribution >= 0.6 is 15.9 Å². The summed E-state index contributed by atoms with van der Waals surface area (Å²) < 4.78 is 19.3. The molecule has 2 rings (SSSR count). The molecule has 2 aromatic rings. The van der Waals surface area contributed by atoms with Crippen LogP contribution in [0.1, 0.15) is 22.1 Å². The molecule has 1 heterocycles. The molecule has 94 valence electrons. The van der Waals surface area contributed by atoms with E-state index >= 15 is 0 Å². The van der Waals surface area contributed by atoms with Gasteiger partial charge in [-0.15, -0.1) is 0 Å². The van der Waals surface area contributed by atoms with Crippen molar-refractivity contribution in [1.29, 1.82) is 0 Å². The molecule has 0 radical (unpaired) electrons. The van der Waals surface area contributed by atoms with Gasteiger partial charge in [0.15, 0.2) is 5.89 Å². The molecule has 1 aromatic carbocycles. The van der Waals surface area contributed by atoms with E-state index in [1.54, 1.807) is 19.9 Å². The van der Waals surface area contributed by atoms with Crippen LogP contribution in [0.4, 0.5) is 10.1 Å². The Morgan fingerprint density at radius 3 is 2.72 bits per heavy atom. The van der Waals surface area contributed by atoms with Crippen molar-refractivity contribution in [3.63, 3.8) is 0 Å². The lowest BCUT2D eigenvalue weighted by atomic mass is 10.3. The first-order chi connectivity index (χ1) is 8.47. The van der Waals surface area contributed by atoms with Crippen LogP contribution in [0.5, 0.6) is 0 Å². The smallest absolute Gasteiger partial charge is 0.293 e. The third kappa shape index (κ3) is 2.59. The number of oxazole rings is 1. The van der Waals surface area contributed by atoms with E-state index in [1.165, 1.54) is 12.1 Å². The number of benzene rings is 1. The van der Waals surface area contributed by atoms with Gasteiger partial charge < -0.3 is 9.73 Å².